The SMILES string of the molecule is CCn1c(NCc2ccccc2Cl)c(/C=C2/SC(=S)N(C)C2=O)c(C)c(C#N)c1=O. The summed E-state index contributed by atoms with van der Waals surface area (Å²) in [5.41, 5.74) is 1.66. The molecule has 9 heteroatoms. The van der Waals surface area contributed by atoms with Crippen LogP contribution >= 0.6 is 35.6 Å². The number of halogens is 1. The molecule has 0 atom stereocenters. The number of nitrogens with zero attached hydrogens (tertiary/aromatic N) is 3. The first-order valence-electron chi connectivity index (χ1n) is 9.16. The van der Waals surface area contributed by atoms with Crippen molar-refractivity contribution in [2.24, 2.45) is 0 Å². The molecule has 0 unspecified atom stereocenters. The number of benzene rings is 1. The van der Waals surface area contributed by atoms with E-state index in [1.807, 2.05) is 31.2 Å². The molecule has 30 heavy (non-hydrogen) atoms. The second-order valence-corrected chi connectivity index (χ2v) is 8.69. The number of carbonyl (C=O) groups is 1. The van der Waals surface area contributed by atoms with Crippen molar-refractivity contribution in [3.05, 3.63) is 66.8 Å². The number of carbonyl (C=O) groups excluding carboxylic acids is 1. The molecule has 0 saturated carbocycles. The Hall–Kier alpha value is -2.60. The van der Waals surface area contributed by atoms with E-state index in [2.05, 4.69) is 5.32 Å². The number of anilines is 1. The van der Waals surface area contributed by atoms with E-state index in [-0.39, 0.29) is 17.0 Å². The zero-order valence-corrected chi connectivity index (χ0v) is 19.0. The Morgan fingerprint density at radius 3 is 2.60 bits per heavy atom. The summed E-state index contributed by atoms with van der Waals surface area (Å²) in [5, 5.41) is 13.5. The van der Waals surface area contributed by atoms with Gasteiger partial charge in [0.2, 0.25) is 0 Å². The van der Waals surface area contributed by atoms with Crippen molar-refractivity contribution >= 4 is 57.7 Å². The Balaban J connectivity index is 2.18. The Bertz CT molecular complexity index is 1180. The van der Waals surface area contributed by atoms with Gasteiger partial charge in [0, 0.05) is 30.7 Å². The lowest BCUT2D eigenvalue weighted by Crippen LogP contribution is -2.27. The van der Waals surface area contributed by atoms with Gasteiger partial charge in [0.15, 0.2) is 0 Å². The molecule has 0 aliphatic carbocycles. The average molecular weight is 459 g/mol. The van der Waals surface area contributed by atoms with Crippen LogP contribution in [0.2, 0.25) is 5.02 Å². The molecule has 2 heterocycles. The molecule has 0 spiro atoms. The summed E-state index contributed by atoms with van der Waals surface area (Å²) < 4.78 is 1.96. The van der Waals surface area contributed by atoms with Crippen molar-refractivity contribution in [2.75, 3.05) is 12.4 Å². The summed E-state index contributed by atoms with van der Waals surface area (Å²) >= 11 is 12.7. The Kier molecular flexibility index (Phi) is 6.66. The lowest BCUT2D eigenvalue weighted by atomic mass is 10.0. The standard InChI is InChI=1S/C21H19ClN4O2S2/c1-4-26-18(24-11-13-7-5-6-8-16(13)22)14(12(2)15(10-23)19(26)27)9-17-20(28)25(3)21(29)30-17/h5-9,24H,4,11H2,1-3H3/b17-9+. The number of nitrogens with one attached hydrogen (secondary N) is 1. The maximum Gasteiger partial charge on any atom is 0.270 e. The van der Waals surface area contributed by atoms with Crippen LogP contribution in [0.4, 0.5) is 5.82 Å². The van der Waals surface area contributed by atoms with E-state index in [1.165, 1.54) is 21.2 Å². The summed E-state index contributed by atoms with van der Waals surface area (Å²) in [4.78, 5) is 27.2. The van der Waals surface area contributed by atoms with E-state index in [4.69, 9.17) is 23.8 Å². The monoisotopic (exact) mass is 458 g/mol. The van der Waals surface area contributed by atoms with Gasteiger partial charge in [-0.15, -0.1) is 0 Å². The van der Waals surface area contributed by atoms with Crippen LogP contribution in [-0.4, -0.2) is 26.7 Å². The molecular weight excluding hydrogens is 440 g/mol. The van der Waals surface area contributed by atoms with E-state index in [9.17, 15) is 14.9 Å². The summed E-state index contributed by atoms with van der Waals surface area (Å²) in [6.07, 6.45) is 1.69. The maximum atomic E-state index is 12.9. The van der Waals surface area contributed by atoms with Gasteiger partial charge >= 0.3 is 0 Å². The first kappa shape index (κ1) is 22.1. The molecule has 1 aromatic carbocycles. The number of likely N-dealkylation sites (N-methyl/N-ethyl adjacent to an activating group) is 1. The van der Waals surface area contributed by atoms with E-state index in [0.717, 1.165) is 5.56 Å². The minimum atomic E-state index is -0.376. The fourth-order valence-corrected chi connectivity index (χ4v) is 4.52. The van der Waals surface area contributed by atoms with Crippen molar-refractivity contribution in [3.8, 4) is 6.07 Å². The van der Waals surface area contributed by atoms with E-state index in [0.29, 0.717) is 44.3 Å². The lowest BCUT2D eigenvalue weighted by molar-refractivity contribution is -0.121. The van der Waals surface area contributed by atoms with Gasteiger partial charge < -0.3 is 5.32 Å². The average Bonchev–Trinajstić information content (AvgIpc) is 2.96. The number of thiocarbonyl (C=S) groups is 1. The van der Waals surface area contributed by atoms with Crippen LogP contribution in [0.25, 0.3) is 6.08 Å². The molecule has 1 amide bonds. The smallest absolute Gasteiger partial charge is 0.270 e. The Morgan fingerprint density at radius 2 is 2.03 bits per heavy atom. The zero-order valence-electron chi connectivity index (χ0n) is 16.7. The van der Waals surface area contributed by atoms with Gasteiger partial charge in [-0.2, -0.15) is 5.26 Å². The van der Waals surface area contributed by atoms with Gasteiger partial charge in [-0.25, -0.2) is 0 Å². The fourth-order valence-electron chi connectivity index (χ4n) is 3.15. The predicted molar refractivity (Wildman–Crippen MR) is 126 cm³/mol. The molecule has 0 radical (unpaired) electrons. The molecular formula is C21H19ClN4O2S2. The Morgan fingerprint density at radius 1 is 1.33 bits per heavy atom. The largest absolute Gasteiger partial charge is 0.367 e. The third-order valence-electron chi connectivity index (χ3n) is 4.86. The minimum absolute atomic E-state index is 0.0540. The maximum absolute atomic E-state index is 12.9. The molecule has 154 valence electrons. The van der Waals surface area contributed by atoms with Crippen LogP contribution in [0.15, 0.2) is 34.0 Å². The number of rotatable bonds is 5. The van der Waals surface area contributed by atoms with Crippen molar-refractivity contribution in [3.63, 3.8) is 0 Å². The van der Waals surface area contributed by atoms with Crippen LogP contribution in [0, 0.1) is 18.3 Å². The summed E-state index contributed by atoms with van der Waals surface area (Å²) in [6, 6.07) is 9.42. The minimum Gasteiger partial charge on any atom is -0.367 e. The van der Waals surface area contributed by atoms with E-state index in [1.54, 1.807) is 26.1 Å². The number of pyridine rings is 1. The van der Waals surface area contributed by atoms with Crippen LogP contribution in [0.5, 0.6) is 0 Å². The van der Waals surface area contributed by atoms with Gasteiger partial charge in [0.05, 0.1) is 4.91 Å². The normalized spacial score (nSPS) is 15.0. The molecule has 1 saturated heterocycles. The second-order valence-electron chi connectivity index (χ2n) is 6.61. The third-order valence-corrected chi connectivity index (χ3v) is 6.71. The molecule has 0 bridgehead atoms. The van der Waals surface area contributed by atoms with E-state index < -0.39 is 0 Å². The Labute approximate surface area is 189 Å². The molecule has 1 aliphatic heterocycles. The number of hydrogen-bond donors (Lipinski definition) is 1. The molecule has 6 nitrogen and oxygen atoms in total. The van der Waals surface area contributed by atoms with Gasteiger partial charge in [-0.05, 0) is 37.1 Å². The molecule has 1 aromatic heterocycles. The van der Waals surface area contributed by atoms with Gasteiger partial charge in [0.25, 0.3) is 11.5 Å². The summed E-state index contributed by atoms with van der Waals surface area (Å²) in [5.74, 6) is 0.314. The third kappa shape index (κ3) is 4.01. The second kappa shape index (κ2) is 9.04. The van der Waals surface area contributed by atoms with Crippen molar-refractivity contribution in [1.29, 1.82) is 5.26 Å². The predicted octanol–water partition coefficient (Wildman–Crippen LogP) is 4.14. The highest BCUT2D eigenvalue weighted by molar-refractivity contribution is 8.26. The molecule has 1 N–H and O–H groups in total. The topological polar surface area (TPSA) is 78.1 Å². The molecule has 1 fully saturated rings. The molecule has 3 rings (SSSR count). The van der Waals surface area contributed by atoms with Crippen molar-refractivity contribution < 1.29 is 4.79 Å². The van der Waals surface area contributed by atoms with Gasteiger partial charge in [-0.1, -0.05) is 53.8 Å². The van der Waals surface area contributed by atoms with Crippen LogP contribution in [-0.2, 0) is 17.9 Å². The number of thioether (sulfide) groups is 1. The van der Waals surface area contributed by atoms with Crippen molar-refractivity contribution in [1.82, 2.24) is 9.47 Å². The van der Waals surface area contributed by atoms with Crippen LogP contribution in [0.3, 0.4) is 0 Å². The quantitative estimate of drug-likeness (QED) is 0.535. The lowest BCUT2D eigenvalue weighted by Gasteiger charge is -2.19. The fraction of sp³-hybridized carbons (Fsp3) is 0.238. The number of nitriles is 1. The van der Waals surface area contributed by atoms with E-state index >= 15 is 0 Å². The highest BCUT2D eigenvalue weighted by Gasteiger charge is 2.30. The number of amides is 1. The summed E-state index contributed by atoms with van der Waals surface area (Å²) in [7, 11) is 1.62. The first-order valence-corrected chi connectivity index (χ1v) is 10.8. The van der Waals surface area contributed by atoms with Crippen molar-refractivity contribution in [2.45, 2.75) is 26.9 Å². The van der Waals surface area contributed by atoms with Crippen LogP contribution in [0.1, 0.15) is 29.2 Å². The van der Waals surface area contributed by atoms with Gasteiger partial charge in [-0.3, -0.25) is 19.1 Å². The zero-order chi connectivity index (χ0) is 22.0. The summed E-state index contributed by atoms with van der Waals surface area (Å²) in [6.45, 7) is 4.27. The first-order chi connectivity index (χ1) is 14.3. The highest BCUT2D eigenvalue weighted by Crippen LogP contribution is 2.34. The molecule has 1 aliphatic rings. The number of aromatic nitrogens is 1. The van der Waals surface area contributed by atoms with Crippen LogP contribution < -0.4 is 10.9 Å². The number of hydrogen-bond acceptors (Lipinski definition) is 6. The molecule has 2 aromatic rings. The highest BCUT2D eigenvalue weighted by atomic mass is 35.5. The van der Waals surface area contributed by atoms with Gasteiger partial charge in [0.1, 0.15) is 21.8 Å².